The van der Waals surface area contributed by atoms with Gasteiger partial charge in [-0.15, -0.1) is 0 Å². The first-order chi connectivity index (χ1) is 4.52. The monoisotopic (exact) mass is 138 g/mol. The number of hydrogen-bond acceptors (Lipinski definition) is 1. The highest BCUT2D eigenvalue weighted by Crippen LogP contribution is 2.33. The van der Waals surface area contributed by atoms with Crippen LogP contribution < -0.4 is 0 Å². The summed E-state index contributed by atoms with van der Waals surface area (Å²) in [4.78, 5) is 0. The van der Waals surface area contributed by atoms with Gasteiger partial charge >= 0.3 is 0 Å². The van der Waals surface area contributed by atoms with Crippen molar-refractivity contribution >= 4 is 0 Å². The van der Waals surface area contributed by atoms with Crippen LogP contribution in [0.15, 0.2) is 24.0 Å². The Morgan fingerprint density at radius 3 is 2.50 bits per heavy atom. The van der Waals surface area contributed by atoms with E-state index in [1.54, 1.807) is 6.08 Å². The topological polar surface area (TPSA) is 20.2 Å². The summed E-state index contributed by atoms with van der Waals surface area (Å²) in [6.45, 7) is 6.44. The fourth-order valence-electron chi connectivity index (χ4n) is 0.978. The third-order valence-corrected chi connectivity index (χ3v) is 2.28. The maximum Gasteiger partial charge on any atom is 0.111 e. The second-order valence-corrected chi connectivity index (χ2v) is 3.53. The Morgan fingerprint density at radius 1 is 1.50 bits per heavy atom. The van der Waals surface area contributed by atoms with Gasteiger partial charge in [0, 0.05) is 0 Å². The van der Waals surface area contributed by atoms with E-state index in [-0.39, 0.29) is 5.41 Å². The molecule has 56 valence electrons. The Hall–Kier alpha value is -0.720. The van der Waals surface area contributed by atoms with Crippen molar-refractivity contribution in [2.45, 2.75) is 20.8 Å². The van der Waals surface area contributed by atoms with Crippen LogP contribution in [0.5, 0.6) is 0 Å². The zero-order valence-electron chi connectivity index (χ0n) is 6.76. The number of aliphatic hydroxyl groups is 1. The zero-order valence-corrected chi connectivity index (χ0v) is 6.76. The fourth-order valence-corrected chi connectivity index (χ4v) is 0.978. The van der Waals surface area contributed by atoms with Gasteiger partial charge in [0.25, 0.3) is 0 Å². The van der Waals surface area contributed by atoms with Gasteiger partial charge in [-0.05, 0) is 23.5 Å². The number of rotatable bonds is 0. The second kappa shape index (κ2) is 2.15. The summed E-state index contributed by atoms with van der Waals surface area (Å²) < 4.78 is 0. The lowest BCUT2D eigenvalue weighted by Gasteiger charge is -2.28. The summed E-state index contributed by atoms with van der Waals surface area (Å²) in [6.07, 6.45) is 5.70. The van der Waals surface area contributed by atoms with E-state index in [4.69, 9.17) is 5.11 Å². The first kappa shape index (κ1) is 7.39. The largest absolute Gasteiger partial charge is 0.508 e. The minimum atomic E-state index is 0.201. The summed E-state index contributed by atoms with van der Waals surface area (Å²) in [6, 6.07) is 0. The van der Waals surface area contributed by atoms with Crippen molar-refractivity contribution in [3.63, 3.8) is 0 Å². The van der Waals surface area contributed by atoms with Crippen molar-refractivity contribution in [1.82, 2.24) is 0 Å². The third kappa shape index (κ3) is 1.23. The van der Waals surface area contributed by atoms with Crippen LogP contribution in [-0.2, 0) is 0 Å². The van der Waals surface area contributed by atoms with Gasteiger partial charge in [0.05, 0.1) is 0 Å². The van der Waals surface area contributed by atoms with Crippen LogP contribution in [0.4, 0.5) is 0 Å². The Kier molecular flexibility index (Phi) is 1.59. The summed E-state index contributed by atoms with van der Waals surface area (Å²) in [5.41, 5.74) is 0.201. The highest BCUT2D eigenvalue weighted by atomic mass is 16.3. The average Bonchev–Trinajstić information content (AvgIpc) is 1.81. The number of allylic oxidation sites excluding steroid dienone is 3. The van der Waals surface area contributed by atoms with Gasteiger partial charge in [0.1, 0.15) is 5.76 Å². The van der Waals surface area contributed by atoms with E-state index in [9.17, 15) is 0 Å². The van der Waals surface area contributed by atoms with Gasteiger partial charge < -0.3 is 5.11 Å². The van der Waals surface area contributed by atoms with E-state index in [2.05, 4.69) is 20.8 Å². The lowest BCUT2D eigenvalue weighted by molar-refractivity contribution is 0.333. The molecule has 0 saturated heterocycles. The lowest BCUT2D eigenvalue weighted by Crippen LogP contribution is -2.19. The van der Waals surface area contributed by atoms with Gasteiger partial charge in [0.2, 0.25) is 0 Å². The Labute approximate surface area is 62.1 Å². The average molecular weight is 138 g/mol. The zero-order chi connectivity index (χ0) is 7.78. The fraction of sp³-hybridized carbons (Fsp3) is 0.556. The van der Waals surface area contributed by atoms with E-state index >= 15 is 0 Å². The molecule has 0 aromatic carbocycles. The summed E-state index contributed by atoms with van der Waals surface area (Å²) in [5, 5.41) is 9.09. The van der Waals surface area contributed by atoms with Crippen LogP contribution in [0.1, 0.15) is 20.8 Å². The number of hydrogen-bond donors (Lipinski definition) is 1. The molecule has 0 radical (unpaired) electrons. The molecule has 1 atom stereocenters. The number of aliphatic hydroxyl groups excluding tert-OH is 1. The molecule has 0 fully saturated rings. The molecule has 1 aliphatic rings. The maximum absolute atomic E-state index is 9.09. The van der Waals surface area contributed by atoms with Crippen LogP contribution in [0.2, 0.25) is 0 Å². The van der Waals surface area contributed by atoms with Gasteiger partial charge in [-0.3, -0.25) is 0 Å². The van der Waals surface area contributed by atoms with Crippen LogP contribution >= 0.6 is 0 Å². The first-order valence-corrected chi connectivity index (χ1v) is 3.62. The molecule has 0 aromatic heterocycles. The van der Waals surface area contributed by atoms with E-state index in [1.807, 2.05) is 12.2 Å². The molecule has 0 heterocycles. The van der Waals surface area contributed by atoms with E-state index in [0.717, 1.165) is 0 Å². The Bertz CT molecular complexity index is 187. The molecule has 0 spiro atoms. The van der Waals surface area contributed by atoms with Crippen LogP contribution in [0.3, 0.4) is 0 Å². The molecule has 1 aliphatic carbocycles. The van der Waals surface area contributed by atoms with Crippen LogP contribution in [-0.4, -0.2) is 5.11 Å². The molecule has 0 aromatic rings. The molecule has 0 amide bonds. The molecule has 1 nitrogen and oxygen atoms in total. The minimum absolute atomic E-state index is 0.201. The van der Waals surface area contributed by atoms with Gasteiger partial charge in [0.15, 0.2) is 0 Å². The summed E-state index contributed by atoms with van der Waals surface area (Å²) in [5.74, 6) is 0.823. The highest BCUT2D eigenvalue weighted by Gasteiger charge is 2.23. The minimum Gasteiger partial charge on any atom is -0.508 e. The lowest BCUT2D eigenvalue weighted by atomic mass is 9.77. The maximum atomic E-state index is 9.09. The molecule has 1 rings (SSSR count). The molecule has 1 N–H and O–H groups in total. The van der Waals surface area contributed by atoms with Crippen molar-refractivity contribution in [3.05, 3.63) is 24.0 Å². The third-order valence-electron chi connectivity index (χ3n) is 2.28. The van der Waals surface area contributed by atoms with E-state index in [0.29, 0.717) is 11.7 Å². The van der Waals surface area contributed by atoms with E-state index in [1.165, 1.54) is 0 Å². The molecule has 0 aliphatic heterocycles. The van der Waals surface area contributed by atoms with Gasteiger partial charge in [-0.1, -0.05) is 26.8 Å². The molecule has 1 heteroatoms. The molecular formula is C9H14O. The predicted octanol–water partition coefficient (Wildman–Crippen LogP) is 2.66. The summed E-state index contributed by atoms with van der Waals surface area (Å²) in [7, 11) is 0. The summed E-state index contributed by atoms with van der Waals surface area (Å²) >= 11 is 0. The van der Waals surface area contributed by atoms with Crippen molar-refractivity contribution in [3.8, 4) is 0 Å². The highest BCUT2D eigenvalue weighted by molar-refractivity contribution is 5.21. The van der Waals surface area contributed by atoms with Crippen LogP contribution in [0, 0.1) is 11.3 Å². The van der Waals surface area contributed by atoms with Gasteiger partial charge in [-0.2, -0.15) is 0 Å². The smallest absolute Gasteiger partial charge is 0.111 e. The SMILES string of the molecule is CC1C=C(O)C=CC1(C)C. The molecule has 0 saturated carbocycles. The Balaban J connectivity index is 2.84. The molecule has 10 heavy (non-hydrogen) atoms. The molecule has 0 bridgehead atoms. The molecular weight excluding hydrogens is 124 g/mol. The van der Waals surface area contributed by atoms with Gasteiger partial charge in [-0.25, -0.2) is 0 Å². The first-order valence-electron chi connectivity index (χ1n) is 3.62. The van der Waals surface area contributed by atoms with Crippen molar-refractivity contribution < 1.29 is 5.11 Å². The van der Waals surface area contributed by atoms with Crippen molar-refractivity contribution in [2.75, 3.05) is 0 Å². The van der Waals surface area contributed by atoms with E-state index < -0.39 is 0 Å². The van der Waals surface area contributed by atoms with Crippen molar-refractivity contribution in [2.24, 2.45) is 11.3 Å². The molecule has 1 unspecified atom stereocenters. The van der Waals surface area contributed by atoms with Crippen LogP contribution in [0.25, 0.3) is 0 Å². The normalized spacial score (nSPS) is 29.9. The van der Waals surface area contributed by atoms with Crippen molar-refractivity contribution in [1.29, 1.82) is 0 Å². The predicted molar refractivity (Wildman–Crippen MR) is 42.8 cm³/mol. The standard InChI is InChI=1S/C9H14O/c1-7-6-8(10)4-5-9(7,2)3/h4-7,10H,1-3H3. The second-order valence-electron chi connectivity index (χ2n) is 3.53. The Morgan fingerprint density at radius 2 is 2.10 bits per heavy atom. The quantitative estimate of drug-likeness (QED) is 0.545.